The summed E-state index contributed by atoms with van der Waals surface area (Å²) in [6.45, 7) is 1.77. The van der Waals surface area contributed by atoms with Gasteiger partial charge in [0.05, 0.1) is 14.2 Å². The van der Waals surface area contributed by atoms with Crippen molar-refractivity contribution in [3.05, 3.63) is 83.6 Å². The molecule has 1 atom stereocenters. The van der Waals surface area contributed by atoms with Gasteiger partial charge in [-0.3, -0.25) is 0 Å². The summed E-state index contributed by atoms with van der Waals surface area (Å²) in [7, 11) is 2.78. The molecule has 3 aromatic rings. The number of esters is 1. The molecule has 7 heteroatoms. The maximum atomic E-state index is 12.8. The number of nitrogens with zero attached hydrogens (tertiary/aromatic N) is 2. The SMILES string of the molecule is COC(=O)C(Oc1nc(C)cc(OC)n1)C(N)(c1ccccc1)c1ccccc1. The fourth-order valence-corrected chi connectivity index (χ4v) is 3.11. The highest BCUT2D eigenvalue weighted by Crippen LogP contribution is 2.33. The topological polar surface area (TPSA) is 96.6 Å². The second kappa shape index (κ2) is 8.70. The van der Waals surface area contributed by atoms with Gasteiger partial charge < -0.3 is 19.9 Å². The Balaban J connectivity index is 2.15. The minimum atomic E-state index is -1.35. The van der Waals surface area contributed by atoms with E-state index in [1.807, 2.05) is 60.7 Å². The first-order valence-corrected chi connectivity index (χ1v) is 9.03. The number of nitrogens with two attached hydrogens (primary N) is 1. The van der Waals surface area contributed by atoms with Crippen LogP contribution < -0.4 is 15.2 Å². The quantitative estimate of drug-likeness (QED) is 0.616. The number of hydrogen-bond acceptors (Lipinski definition) is 7. The number of methoxy groups -OCH3 is 2. The van der Waals surface area contributed by atoms with Crippen LogP contribution >= 0.6 is 0 Å². The summed E-state index contributed by atoms with van der Waals surface area (Å²) in [4.78, 5) is 21.3. The predicted octanol–water partition coefficient (Wildman–Crippen LogP) is 2.62. The van der Waals surface area contributed by atoms with Gasteiger partial charge in [0.25, 0.3) is 0 Å². The third-order valence-corrected chi connectivity index (χ3v) is 4.57. The fraction of sp³-hybridized carbons (Fsp3) is 0.227. The van der Waals surface area contributed by atoms with E-state index in [4.69, 9.17) is 19.9 Å². The van der Waals surface area contributed by atoms with Gasteiger partial charge in [0, 0.05) is 11.8 Å². The summed E-state index contributed by atoms with van der Waals surface area (Å²) in [5, 5.41) is 0. The number of aryl methyl sites for hydroxylation is 1. The zero-order valence-corrected chi connectivity index (χ0v) is 16.5. The second-order valence-electron chi connectivity index (χ2n) is 6.46. The average molecular weight is 393 g/mol. The van der Waals surface area contributed by atoms with Gasteiger partial charge >= 0.3 is 12.0 Å². The van der Waals surface area contributed by atoms with Gasteiger partial charge in [-0.25, -0.2) is 9.78 Å². The van der Waals surface area contributed by atoms with Gasteiger partial charge in [-0.05, 0) is 18.1 Å². The van der Waals surface area contributed by atoms with Crippen LogP contribution in [0.4, 0.5) is 0 Å². The van der Waals surface area contributed by atoms with Crippen LogP contribution in [0.2, 0.25) is 0 Å². The third-order valence-electron chi connectivity index (χ3n) is 4.57. The van der Waals surface area contributed by atoms with Gasteiger partial charge in [0.2, 0.25) is 12.0 Å². The van der Waals surface area contributed by atoms with E-state index in [9.17, 15) is 4.79 Å². The number of aromatic nitrogens is 2. The van der Waals surface area contributed by atoms with Crippen molar-refractivity contribution < 1.29 is 19.0 Å². The van der Waals surface area contributed by atoms with Gasteiger partial charge in [0.1, 0.15) is 5.54 Å². The molecule has 0 saturated carbocycles. The van der Waals surface area contributed by atoms with Crippen molar-refractivity contribution in [1.29, 1.82) is 0 Å². The van der Waals surface area contributed by atoms with Crippen LogP contribution in [-0.2, 0) is 15.1 Å². The minimum Gasteiger partial charge on any atom is -0.481 e. The minimum absolute atomic E-state index is 0.0288. The number of ether oxygens (including phenoxy) is 3. The monoisotopic (exact) mass is 393 g/mol. The number of benzene rings is 2. The molecule has 0 aliphatic carbocycles. The molecule has 150 valence electrons. The van der Waals surface area contributed by atoms with Crippen LogP contribution in [0, 0.1) is 6.92 Å². The highest BCUT2D eigenvalue weighted by molar-refractivity contribution is 5.78. The van der Waals surface area contributed by atoms with E-state index in [-0.39, 0.29) is 6.01 Å². The van der Waals surface area contributed by atoms with Crippen LogP contribution in [0.3, 0.4) is 0 Å². The molecule has 0 saturated heterocycles. The Labute approximate surface area is 169 Å². The summed E-state index contributed by atoms with van der Waals surface area (Å²) >= 11 is 0. The summed E-state index contributed by atoms with van der Waals surface area (Å²) in [5.41, 5.74) is 7.54. The van der Waals surface area contributed by atoms with Gasteiger partial charge in [-0.2, -0.15) is 4.98 Å². The first-order chi connectivity index (χ1) is 14.0. The highest BCUT2D eigenvalue weighted by Gasteiger charge is 2.46. The Kier molecular flexibility index (Phi) is 6.09. The molecule has 29 heavy (non-hydrogen) atoms. The first kappa shape index (κ1) is 20.3. The maximum absolute atomic E-state index is 12.8. The zero-order chi connectivity index (χ0) is 20.9. The predicted molar refractivity (Wildman–Crippen MR) is 108 cm³/mol. The third kappa shape index (κ3) is 4.20. The molecule has 1 aromatic heterocycles. The lowest BCUT2D eigenvalue weighted by atomic mass is 9.79. The van der Waals surface area contributed by atoms with Crippen molar-refractivity contribution in [1.82, 2.24) is 9.97 Å². The lowest BCUT2D eigenvalue weighted by molar-refractivity contribution is -0.152. The van der Waals surface area contributed by atoms with E-state index >= 15 is 0 Å². The maximum Gasteiger partial charge on any atom is 0.349 e. The summed E-state index contributed by atoms with van der Waals surface area (Å²) in [6.07, 6.45) is -1.25. The van der Waals surface area contributed by atoms with Crippen LogP contribution in [0.5, 0.6) is 11.9 Å². The number of rotatable bonds is 7. The molecule has 0 amide bonds. The lowest BCUT2D eigenvalue weighted by Gasteiger charge is -2.36. The standard InChI is InChI=1S/C22H23N3O4/c1-15-14-18(27-2)25-21(24-15)29-19(20(26)28-3)22(23,16-10-6-4-7-11-16)17-12-8-5-9-13-17/h4-14,19H,23H2,1-3H3. The average Bonchev–Trinajstić information content (AvgIpc) is 2.77. The Bertz CT molecular complexity index is 925. The fourth-order valence-electron chi connectivity index (χ4n) is 3.11. The van der Waals surface area contributed by atoms with Crippen molar-refractivity contribution in [2.75, 3.05) is 14.2 Å². The van der Waals surface area contributed by atoms with E-state index in [1.165, 1.54) is 14.2 Å². The number of carbonyl (C=O) groups is 1. The van der Waals surface area contributed by atoms with Gasteiger partial charge in [-0.15, -0.1) is 0 Å². The number of hydrogen-bond donors (Lipinski definition) is 1. The molecule has 1 unspecified atom stereocenters. The zero-order valence-electron chi connectivity index (χ0n) is 16.5. The van der Waals surface area contributed by atoms with Gasteiger partial charge in [0.15, 0.2) is 0 Å². The Morgan fingerprint density at radius 1 is 0.966 bits per heavy atom. The molecule has 0 fully saturated rings. The Hall–Kier alpha value is -3.45. The van der Waals surface area contributed by atoms with E-state index in [2.05, 4.69) is 9.97 Å². The molecule has 0 spiro atoms. The van der Waals surface area contributed by atoms with E-state index in [1.54, 1.807) is 13.0 Å². The molecular weight excluding hydrogens is 370 g/mol. The molecule has 3 rings (SSSR count). The molecule has 0 radical (unpaired) electrons. The van der Waals surface area contributed by atoms with Crippen molar-refractivity contribution >= 4 is 5.97 Å². The molecule has 0 bridgehead atoms. The van der Waals surface area contributed by atoms with Gasteiger partial charge in [-0.1, -0.05) is 60.7 Å². The Morgan fingerprint density at radius 2 is 1.52 bits per heavy atom. The van der Waals surface area contributed by atoms with Crippen molar-refractivity contribution in [2.45, 2.75) is 18.6 Å². The molecule has 2 aromatic carbocycles. The number of carbonyl (C=O) groups excluding carboxylic acids is 1. The molecular formula is C22H23N3O4. The van der Waals surface area contributed by atoms with Crippen molar-refractivity contribution in [2.24, 2.45) is 5.73 Å². The molecule has 0 aliphatic rings. The Morgan fingerprint density at radius 3 is 2.00 bits per heavy atom. The lowest BCUT2D eigenvalue weighted by Crippen LogP contribution is -2.56. The van der Waals surface area contributed by atoms with E-state index in [0.717, 1.165) is 0 Å². The first-order valence-electron chi connectivity index (χ1n) is 9.03. The van der Waals surface area contributed by atoms with Crippen LogP contribution in [-0.4, -0.2) is 36.3 Å². The highest BCUT2D eigenvalue weighted by atomic mass is 16.6. The molecule has 0 aliphatic heterocycles. The summed E-state index contributed by atoms with van der Waals surface area (Å²) in [6, 6.07) is 20.1. The van der Waals surface area contributed by atoms with Crippen molar-refractivity contribution in [3.8, 4) is 11.9 Å². The molecule has 2 N–H and O–H groups in total. The largest absolute Gasteiger partial charge is 0.481 e. The second-order valence-corrected chi connectivity index (χ2v) is 6.46. The van der Waals surface area contributed by atoms with E-state index in [0.29, 0.717) is 22.7 Å². The van der Waals surface area contributed by atoms with Crippen molar-refractivity contribution in [3.63, 3.8) is 0 Å². The normalized spacial score (nSPS) is 12.1. The molecule has 7 nitrogen and oxygen atoms in total. The summed E-state index contributed by atoms with van der Waals surface area (Å²) < 4.78 is 16.2. The van der Waals surface area contributed by atoms with E-state index < -0.39 is 17.6 Å². The van der Waals surface area contributed by atoms with Crippen LogP contribution in [0.1, 0.15) is 16.8 Å². The smallest absolute Gasteiger partial charge is 0.349 e. The molecule has 1 heterocycles. The van der Waals surface area contributed by atoms with Crippen LogP contribution in [0.25, 0.3) is 0 Å². The summed E-state index contributed by atoms with van der Waals surface area (Å²) in [5.74, 6) is -0.331. The van der Waals surface area contributed by atoms with Crippen LogP contribution in [0.15, 0.2) is 66.7 Å².